The number of carbonyl (C=O) groups excluding carboxylic acids is 1. The van der Waals surface area contributed by atoms with E-state index in [-0.39, 0.29) is 5.92 Å². The van der Waals surface area contributed by atoms with Crippen LogP contribution >= 0.6 is 0 Å². The number of β-amino-alcohol motifs (C(OH)–C–C–N with tert-alkyl or cyclic N) is 1. The molecule has 0 saturated carbocycles. The quantitative estimate of drug-likeness (QED) is 0.782. The predicted octanol–water partition coefficient (Wildman–Crippen LogP) is 1.26. The fraction of sp³-hybridized carbons (Fsp3) is 0.800. The lowest BCUT2D eigenvalue weighted by Crippen LogP contribution is -2.53. The smallest absolute Gasteiger partial charge is 0.226 e. The third kappa shape index (κ3) is 4.32. The highest BCUT2D eigenvalue weighted by Gasteiger charge is 2.28. The van der Waals surface area contributed by atoms with Crippen LogP contribution < -0.4 is 0 Å². The van der Waals surface area contributed by atoms with Crippen LogP contribution in [-0.2, 0) is 4.79 Å². The number of amides is 1. The SMILES string of the molecule is CC(C)(O)CN1CCN(C(=O)C2CC=CCC2)CC1. The fourth-order valence-corrected chi connectivity index (χ4v) is 2.95. The summed E-state index contributed by atoms with van der Waals surface area (Å²) >= 11 is 0. The Kier molecular flexibility index (Phi) is 4.63. The monoisotopic (exact) mass is 266 g/mol. The molecule has 0 aromatic rings. The second kappa shape index (κ2) is 6.06. The summed E-state index contributed by atoms with van der Waals surface area (Å²) in [7, 11) is 0. The van der Waals surface area contributed by atoms with Gasteiger partial charge in [-0.1, -0.05) is 12.2 Å². The van der Waals surface area contributed by atoms with E-state index in [1.165, 1.54) is 0 Å². The third-order valence-electron chi connectivity index (χ3n) is 3.91. The summed E-state index contributed by atoms with van der Waals surface area (Å²) in [4.78, 5) is 16.6. The van der Waals surface area contributed by atoms with Crippen molar-refractivity contribution in [2.24, 2.45) is 5.92 Å². The predicted molar refractivity (Wildman–Crippen MR) is 75.8 cm³/mol. The van der Waals surface area contributed by atoms with E-state index >= 15 is 0 Å². The van der Waals surface area contributed by atoms with Gasteiger partial charge in [0, 0.05) is 38.6 Å². The summed E-state index contributed by atoms with van der Waals surface area (Å²) in [6, 6.07) is 0. The van der Waals surface area contributed by atoms with Crippen molar-refractivity contribution in [2.75, 3.05) is 32.7 Å². The van der Waals surface area contributed by atoms with E-state index in [0.29, 0.717) is 12.5 Å². The summed E-state index contributed by atoms with van der Waals surface area (Å²) in [5.74, 6) is 0.526. The number of carbonyl (C=O) groups is 1. The van der Waals surface area contributed by atoms with Crippen molar-refractivity contribution < 1.29 is 9.90 Å². The number of allylic oxidation sites excluding steroid dienone is 2. The Morgan fingerprint density at radius 1 is 1.26 bits per heavy atom. The van der Waals surface area contributed by atoms with Crippen molar-refractivity contribution in [3.05, 3.63) is 12.2 Å². The topological polar surface area (TPSA) is 43.8 Å². The molecule has 0 aromatic carbocycles. The molecule has 1 heterocycles. The molecule has 1 aliphatic carbocycles. The molecule has 1 fully saturated rings. The van der Waals surface area contributed by atoms with Gasteiger partial charge in [0.25, 0.3) is 0 Å². The first-order chi connectivity index (χ1) is 8.96. The van der Waals surface area contributed by atoms with Crippen LogP contribution in [0.25, 0.3) is 0 Å². The fourth-order valence-electron chi connectivity index (χ4n) is 2.95. The minimum absolute atomic E-state index is 0.200. The van der Waals surface area contributed by atoms with E-state index in [4.69, 9.17) is 0 Å². The molecule has 1 saturated heterocycles. The van der Waals surface area contributed by atoms with Gasteiger partial charge >= 0.3 is 0 Å². The van der Waals surface area contributed by atoms with Gasteiger partial charge < -0.3 is 10.0 Å². The molecule has 1 atom stereocenters. The van der Waals surface area contributed by atoms with Crippen LogP contribution in [0.1, 0.15) is 33.1 Å². The maximum absolute atomic E-state index is 12.4. The molecule has 2 rings (SSSR count). The van der Waals surface area contributed by atoms with E-state index in [2.05, 4.69) is 17.1 Å². The van der Waals surface area contributed by atoms with Crippen LogP contribution in [0.4, 0.5) is 0 Å². The Balaban J connectivity index is 1.79. The Labute approximate surface area is 116 Å². The van der Waals surface area contributed by atoms with Crippen molar-refractivity contribution in [3.8, 4) is 0 Å². The molecule has 2 aliphatic rings. The van der Waals surface area contributed by atoms with E-state index in [9.17, 15) is 9.90 Å². The highest BCUT2D eigenvalue weighted by Crippen LogP contribution is 2.21. The van der Waals surface area contributed by atoms with Crippen molar-refractivity contribution in [3.63, 3.8) is 0 Å². The average Bonchev–Trinajstić information content (AvgIpc) is 2.38. The van der Waals surface area contributed by atoms with Crippen molar-refractivity contribution in [1.29, 1.82) is 0 Å². The first-order valence-corrected chi connectivity index (χ1v) is 7.34. The van der Waals surface area contributed by atoms with Gasteiger partial charge in [0.1, 0.15) is 0 Å². The molecule has 0 spiro atoms. The van der Waals surface area contributed by atoms with E-state index < -0.39 is 5.60 Å². The molecule has 19 heavy (non-hydrogen) atoms. The standard InChI is InChI=1S/C15H26N2O2/c1-15(2,19)12-16-8-10-17(11-9-16)14(18)13-6-4-3-5-7-13/h3-4,13,19H,5-12H2,1-2H3. The molecule has 1 N–H and O–H groups in total. The van der Waals surface area contributed by atoms with Gasteiger partial charge in [-0.25, -0.2) is 0 Å². The zero-order valence-electron chi connectivity index (χ0n) is 12.1. The Hall–Kier alpha value is -0.870. The number of nitrogens with zero attached hydrogens (tertiary/aromatic N) is 2. The normalized spacial score (nSPS) is 25.6. The van der Waals surface area contributed by atoms with Crippen LogP contribution in [0, 0.1) is 5.92 Å². The van der Waals surface area contributed by atoms with Crippen LogP contribution in [0.5, 0.6) is 0 Å². The van der Waals surface area contributed by atoms with E-state index in [1.54, 1.807) is 0 Å². The molecule has 1 amide bonds. The number of rotatable bonds is 3. The van der Waals surface area contributed by atoms with Gasteiger partial charge in [0.2, 0.25) is 5.91 Å². The van der Waals surface area contributed by atoms with Gasteiger partial charge in [-0.2, -0.15) is 0 Å². The lowest BCUT2D eigenvalue weighted by atomic mass is 9.93. The van der Waals surface area contributed by atoms with E-state index in [0.717, 1.165) is 45.4 Å². The first-order valence-electron chi connectivity index (χ1n) is 7.34. The molecule has 0 bridgehead atoms. The maximum Gasteiger partial charge on any atom is 0.226 e. The second-order valence-corrected chi connectivity index (χ2v) is 6.40. The highest BCUT2D eigenvalue weighted by molar-refractivity contribution is 5.79. The summed E-state index contributed by atoms with van der Waals surface area (Å²) < 4.78 is 0. The van der Waals surface area contributed by atoms with Crippen LogP contribution in [0.3, 0.4) is 0 Å². The van der Waals surface area contributed by atoms with Crippen molar-refractivity contribution >= 4 is 5.91 Å². The molecule has 0 aromatic heterocycles. The van der Waals surface area contributed by atoms with Gasteiger partial charge in [-0.05, 0) is 33.1 Å². The highest BCUT2D eigenvalue weighted by atomic mass is 16.3. The molecule has 108 valence electrons. The Bertz CT molecular complexity index is 339. The van der Waals surface area contributed by atoms with E-state index in [1.807, 2.05) is 18.7 Å². The summed E-state index contributed by atoms with van der Waals surface area (Å²) in [6.07, 6.45) is 7.25. The average molecular weight is 266 g/mol. The second-order valence-electron chi connectivity index (χ2n) is 6.40. The van der Waals surface area contributed by atoms with Crippen LogP contribution in [-0.4, -0.2) is 59.1 Å². The first kappa shape index (κ1) is 14.5. The number of hydrogen-bond acceptors (Lipinski definition) is 3. The van der Waals surface area contributed by atoms with Crippen molar-refractivity contribution in [1.82, 2.24) is 9.80 Å². The molecule has 0 radical (unpaired) electrons. The summed E-state index contributed by atoms with van der Waals surface area (Å²) in [5, 5.41) is 9.82. The lowest BCUT2D eigenvalue weighted by Gasteiger charge is -2.38. The zero-order chi connectivity index (χ0) is 13.9. The molecular formula is C15H26N2O2. The number of aliphatic hydroxyl groups is 1. The molecule has 4 nitrogen and oxygen atoms in total. The van der Waals surface area contributed by atoms with Gasteiger partial charge in [0.05, 0.1) is 5.60 Å². The molecule has 1 unspecified atom stereocenters. The number of hydrogen-bond donors (Lipinski definition) is 1. The Morgan fingerprint density at radius 3 is 2.47 bits per heavy atom. The van der Waals surface area contributed by atoms with Crippen LogP contribution in [0.2, 0.25) is 0 Å². The largest absolute Gasteiger partial charge is 0.389 e. The molecular weight excluding hydrogens is 240 g/mol. The molecule has 1 aliphatic heterocycles. The van der Waals surface area contributed by atoms with Gasteiger partial charge in [0.15, 0.2) is 0 Å². The molecule has 4 heteroatoms. The third-order valence-corrected chi connectivity index (χ3v) is 3.91. The van der Waals surface area contributed by atoms with Gasteiger partial charge in [-0.15, -0.1) is 0 Å². The zero-order valence-corrected chi connectivity index (χ0v) is 12.1. The minimum Gasteiger partial charge on any atom is -0.389 e. The van der Waals surface area contributed by atoms with Gasteiger partial charge in [-0.3, -0.25) is 9.69 Å². The van der Waals surface area contributed by atoms with Crippen LogP contribution in [0.15, 0.2) is 12.2 Å². The number of piperazine rings is 1. The Morgan fingerprint density at radius 2 is 1.95 bits per heavy atom. The summed E-state index contributed by atoms with van der Waals surface area (Å²) in [6.45, 7) is 7.69. The van der Waals surface area contributed by atoms with Crippen molar-refractivity contribution in [2.45, 2.75) is 38.7 Å². The minimum atomic E-state index is -0.652. The maximum atomic E-state index is 12.4. The summed E-state index contributed by atoms with van der Waals surface area (Å²) in [5.41, 5.74) is -0.652. The lowest BCUT2D eigenvalue weighted by molar-refractivity contribution is -0.137.